The van der Waals surface area contributed by atoms with E-state index in [2.05, 4.69) is 194 Å². The van der Waals surface area contributed by atoms with Crippen LogP contribution >= 0.6 is 0 Å². The van der Waals surface area contributed by atoms with E-state index >= 15 is 0 Å². The Balaban J connectivity index is 1.19. The average molecular weight is 730 g/mol. The molecule has 10 rings (SSSR count). The standard InChI is InChI=1S/C54H39N3/c1-3-19-44-45-30-18-32-47-52(45)57(50(44)4-2)51-33-15-14-31-46(51)54(47,42-27-12-7-13-28-42)43-29-17-25-40(35-43)39-24-16-26-41(34-39)49-36-48(37-20-8-5-9-21-37)55-53(56-49)38-22-10-6-11-23-38/h3-36H,2H2,1H3/b19-3-. The van der Waals surface area contributed by atoms with Gasteiger partial charge in [0.2, 0.25) is 0 Å². The van der Waals surface area contributed by atoms with Crippen LogP contribution in [0.5, 0.6) is 0 Å². The van der Waals surface area contributed by atoms with Crippen molar-refractivity contribution in [1.29, 1.82) is 0 Å². The molecule has 1 aliphatic heterocycles. The fourth-order valence-corrected chi connectivity index (χ4v) is 8.94. The van der Waals surface area contributed by atoms with E-state index in [9.17, 15) is 0 Å². The number of aromatic nitrogens is 3. The van der Waals surface area contributed by atoms with Crippen LogP contribution in [0.4, 0.5) is 0 Å². The van der Waals surface area contributed by atoms with Crippen LogP contribution in [-0.2, 0) is 5.41 Å². The SMILES string of the molecule is C=Cc1c(/C=C\C)c2cccc3c2n1-c1ccccc1C3(c1ccccc1)c1cccc(-c2cccc(-c3cc(-c4ccccc4)nc(-c4ccccc4)n3)c2)c1. The first-order chi connectivity index (χ1) is 28.2. The second-order valence-electron chi connectivity index (χ2n) is 14.5. The number of para-hydroxylation sites is 2. The monoisotopic (exact) mass is 729 g/mol. The molecule has 2 aromatic heterocycles. The smallest absolute Gasteiger partial charge is 0.160 e. The molecule has 0 saturated carbocycles. The van der Waals surface area contributed by atoms with Gasteiger partial charge in [0.15, 0.2) is 5.82 Å². The minimum Gasteiger partial charge on any atom is -0.309 e. The molecule has 3 nitrogen and oxygen atoms in total. The number of hydrogen-bond donors (Lipinski definition) is 0. The lowest BCUT2D eigenvalue weighted by Crippen LogP contribution is -2.35. The second kappa shape index (κ2) is 14.1. The third kappa shape index (κ3) is 5.50. The molecule has 0 bridgehead atoms. The third-order valence-electron chi connectivity index (χ3n) is 11.4. The van der Waals surface area contributed by atoms with Crippen LogP contribution in [-0.4, -0.2) is 14.5 Å². The second-order valence-corrected chi connectivity index (χ2v) is 14.5. The fraction of sp³-hybridized carbons (Fsp3) is 0.0370. The largest absolute Gasteiger partial charge is 0.309 e. The molecule has 0 fully saturated rings. The van der Waals surface area contributed by atoms with Gasteiger partial charge in [0.25, 0.3) is 0 Å². The van der Waals surface area contributed by atoms with Gasteiger partial charge in [-0.3, -0.25) is 0 Å². The van der Waals surface area contributed by atoms with E-state index in [-0.39, 0.29) is 0 Å². The first-order valence-corrected chi connectivity index (χ1v) is 19.5. The summed E-state index contributed by atoms with van der Waals surface area (Å²) in [5.74, 6) is 0.705. The molecule has 7 aromatic carbocycles. The van der Waals surface area contributed by atoms with E-state index in [1.165, 1.54) is 38.7 Å². The predicted octanol–water partition coefficient (Wildman–Crippen LogP) is 13.5. The molecule has 1 aliphatic rings. The van der Waals surface area contributed by atoms with Gasteiger partial charge in [-0.1, -0.05) is 183 Å². The van der Waals surface area contributed by atoms with Crippen molar-refractivity contribution in [2.24, 2.45) is 0 Å². The van der Waals surface area contributed by atoms with Crippen LogP contribution < -0.4 is 0 Å². The molecule has 0 saturated heterocycles. The van der Waals surface area contributed by atoms with E-state index in [4.69, 9.17) is 9.97 Å². The average Bonchev–Trinajstić information content (AvgIpc) is 3.61. The van der Waals surface area contributed by atoms with E-state index in [0.717, 1.165) is 50.6 Å². The number of allylic oxidation sites excluding steroid dienone is 1. The minimum absolute atomic E-state index is 0.604. The van der Waals surface area contributed by atoms with E-state index < -0.39 is 5.41 Å². The van der Waals surface area contributed by atoms with Gasteiger partial charge < -0.3 is 4.57 Å². The van der Waals surface area contributed by atoms with E-state index in [1.807, 2.05) is 30.3 Å². The van der Waals surface area contributed by atoms with Crippen molar-refractivity contribution >= 4 is 23.1 Å². The molecule has 0 radical (unpaired) electrons. The molecular formula is C54H39N3. The van der Waals surface area contributed by atoms with Crippen molar-refractivity contribution < 1.29 is 0 Å². The van der Waals surface area contributed by atoms with Crippen LogP contribution in [0.2, 0.25) is 0 Å². The highest BCUT2D eigenvalue weighted by atomic mass is 15.0. The van der Waals surface area contributed by atoms with E-state index in [1.54, 1.807) is 0 Å². The Kier molecular flexibility index (Phi) is 8.42. The van der Waals surface area contributed by atoms with Gasteiger partial charge in [-0.25, -0.2) is 9.97 Å². The number of rotatable bonds is 8. The Morgan fingerprint density at radius 1 is 0.509 bits per heavy atom. The van der Waals surface area contributed by atoms with Crippen molar-refractivity contribution in [2.75, 3.05) is 0 Å². The zero-order valence-electron chi connectivity index (χ0n) is 31.7. The zero-order chi connectivity index (χ0) is 38.3. The van der Waals surface area contributed by atoms with Crippen LogP contribution in [0.25, 0.3) is 73.8 Å². The van der Waals surface area contributed by atoms with Crippen LogP contribution in [0.3, 0.4) is 0 Å². The lowest BCUT2D eigenvalue weighted by atomic mass is 9.63. The van der Waals surface area contributed by atoms with Crippen molar-refractivity contribution in [3.05, 3.63) is 234 Å². The van der Waals surface area contributed by atoms with Crippen LogP contribution in [0.1, 0.15) is 40.4 Å². The molecular weight excluding hydrogens is 691 g/mol. The van der Waals surface area contributed by atoms with Gasteiger partial charge in [-0.05, 0) is 70.6 Å². The molecule has 0 N–H and O–H groups in total. The Bertz CT molecular complexity index is 2920. The molecule has 9 aromatic rings. The molecule has 0 aliphatic carbocycles. The Morgan fingerprint density at radius 3 is 1.81 bits per heavy atom. The summed E-state index contributed by atoms with van der Waals surface area (Å²) in [6.45, 7) is 6.39. The highest BCUT2D eigenvalue weighted by Crippen LogP contribution is 2.54. The lowest BCUT2D eigenvalue weighted by molar-refractivity contribution is 0.724. The summed E-state index contributed by atoms with van der Waals surface area (Å²) in [4.78, 5) is 10.2. The highest BCUT2D eigenvalue weighted by molar-refractivity contribution is 6.00. The molecule has 1 unspecified atom stereocenters. The number of hydrogen-bond acceptors (Lipinski definition) is 2. The maximum atomic E-state index is 5.15. The topological polar surface area (TPSA) is 30.7 Å². The summed E-state index contributed by atoms with van der Waals surface area (Å²) < 4.78 is 2.42. The first-order valence-electron chi connectivity index (χ1n) is 19.5. The number of benzene rings is 7. The van der Waals surface area contributed by atoms with Gasteiger partial charge in [0.05, 0.1) is 33.7 Å². The Hall–Kier alpha value is -7.36. The van der Waals surface area contributed by atoms with Crippen molar-refractivity contribution in [3.8, 4) is 50.7 Å². The quantitative estimate of drug-likeness (QED) is 0.156. The Labute approximate surface area is 333 Å². The number of nitrogens with zero attached hydrogens (tertiary/aromatic N) is 3. The summed E-state index contributed by atoms with van der Waals surface area (Å²) >= 11 is 0. The molecule has 0 amide bonds. The van der Waals surface area contributed by atoms with Gasteiger partial charge in [0, 0.05) is 27.6 Å². The van der Waals surface area contributed by atoms with Crippen molar-refractivity contribution in [3.63, 3.8) is 0 Å². The van der Waals surface area contributed by atoms with Crippen LogP contribution in [0.15, 0.2) is 201 Å². The normalized spacial score (nSPS) is 14.5. The van der Waals surface area contributed by atoms with Crippen molar-refractivity contribution in [1.82, 2.24) is 14.5 Å². The summed E-state index contributed by atoms with van der Waals surface area (Å²) in [5.41, 5.74) is 16.1. The lowest BCUT2D eigenvalue weighted by Gasteiger charge is -2.42. The van der Waals surface area contributed by atoms with Gasteiger partial charge in [-0.15, -0.1) is 0 Å². The number of fused-ring (bicyclic) bond motifs is 2. The Morgan fingerprint density at radius 2 is 1.07 bits per heavy atom. The fourth-order valence-electron chi connectivity index (χ4n) is 8.94. The third-order valence-corrected chi connectivity index (χ3v) is 11.4. The maximum absolute atomic E-state index is 5.15. The van der Waals surface area contributed by atoms with Crippen LogP contribution in [0, 0.1) is 0 Å². The summed E-state index contributed by atoms with van der Waals surface area (Å²) in [6, 6.07) is 67.3. The molecule has 0 spiro atoms. The van der Waals surface area contributed by atoms with Gasteiger partial charge in [0.1, 0.15) is 0 Å². The van der Waals surface area contributed by atoms with E-state index in [0.29, 0.717) is 5.82 Å². The molecule has 3 heterocycles. The molecule has 3 heteroatoms. The summed E-state index contributed by atoms with van der Waals surface area (Å²) in [7, 11) is 0. The minimum atomic E-state index is -0.604. The maximum Gasteiger partial charge on any atom is 0.160 e. The highest BCUT2D eigenvalue weighted by Gasteiger charge is 2.45. The first kappa shape index (κ1) is 34.2. The summed E-state index contributed by atoms with van der Waals surface area (Å²) in [5, 5.41) is 1.22. The molecule has 57 heavy (non-hydrogen) atoms. The molecule has 270 valence electrons. The van der Waals surface area contributed by atoms with Gasteiger partial charge >= 0.3 is 0 Å². The van der Waals surface area contributed by atoms with Crippen molar-refractivity contribution in [2.45, 2.75) is 12.3 Å². The summed E-state index contributed by atoms with van der Waals surface area (Å²) in [6.07, 6.45) is 6.34. The molecule has 1 atom stereocenters. The zero-order valence-corrected chi connectivity index (χ0v) is 31.7. The van der Waals surface area contributed by atoms with Gasteiger partial charge in [-0.2, -0.15) is 0 Å². The predicted molar refractivity (Wildman–Crippen MR) is 237 cm³/mol.